The highest BCUT2D eigenvalue weighted by molar-refractivity contribution is 8.01. The predicted molar refractivity (Wildman–Crippen MR) is 86.5 cm³/mol. The van der Waals surface area contributed by atoms with Gasteiger partial charge in [-0.05, 0) is 54.5 Å². The Hall–Kier alpha value is -0.930. The maximum absolute atomic E-state index is 3.76. The number of rotatable bonds is 2. The van der Waals surface area contributed by atoms with E-state index in [0.29, 0.717) is 11.3 Å². The van der Waals surface area contributed by atoms with E-state index in [4.69, 9.17) is 0 Å². The first-order valence-electron chi connectivity index (χ1n) is 6.71. The van der Waals surface area contributed by atoms with Crippen molar-refractivity contribution in [3.63, 3.8) is 0 Å². The SMILES string of the molecule is Cc1ccc(C)c(NC2C[C@H](C)Sc3sccc32)c1. The Kier molecular flexibility index (Phi) is 3.59. The normalized spacial score (nSPS) is 22.1. The van der Waals surface area contributed by atoms with E-state index < -0.39 is 0 Å². The van der Waals surface area contributed by atoms with Gasteiger partial charge in [-0.25, -0.2) is 0 Å². The Morgan fingerprint density at radius 3 is 2.89 bits per heavy atom. The van der Waals surface area contributed by atoms with Crippen molar-refractivity contribution in [2.45, 2.75) is 42.7 Å². The fourth-order valence-electron chi connectivity index (χ4n) is 2.56. The van der Waals surface area contributed by atoms with Crippen LogP contribution >= 0.6 is 23.1 Å². The lowest BCUT2D eigenvalue weighted by molar-refractivity contribution is 0.669. The molecule has 0 amide bonds. The summed E-state index contributed by atoms with van der Waals surface area (Å²) in [7, 11) is 0. The van der Waals surface area contributed by atoms with E-state index in [-0.39, 0.29) is 0 Å². The van der Waals surface area contributed by atoms with Gasteiger partial charge in [0.2, 0.25) is 0 Å². The number of aryl methyl sites for hydroxylation is 2. The second-order valence-electron chi connectivity index (χ2n) is 5.34. The highest BCUT2D eigenvalue weighted by atomic mass is 32.2. The van der Waals surface area contributed by atoms with Gasteiger partial charge in [0.1, 0.15) is 0 Å². The summed E-state index contributed by atoms with van der Waals surface area (Å²) in [5, 5.41) is 6.66. The van der Waals surface area contributed by atoms with Crippen LogP contribution in [0.3, 0.4) is 0 Å². The van der Waals surface area contributed by atoms with Gasteiger partial charge in [-0.2, -0.15) is 0 Å². The van der Waals surface area contributed by atoms with Gasteiger partial charge in [0, 0.05) is 10.9 Å². The second kappa shape index (κ2) is 5.22. The topological polar surface area (TPSA) is 12.0 Å². The van der Waals surface area contributed by atoms with Gasteiger partial charge in [0.15, 0.2) is 0 Å². The summed E-state index contributed by atoms with van der Waals surface area (Å²) >= 11 is 3.89. The van der Waals surface area contributed by atoms with Crippen LogP contribution in [-0.2, 0) is 0 Å². The molecule has 3 rings (SSSR count). The van der Waals surface area contributed by atoms with Gasteiger partial charge in [-0.3, -0.25) is 0 Å². The Morgan fingerprint density at radius 1 is 1.21 bits per heavy atom. The predicted octanol–water partition coefficient (Wildman–Crippen LogP) is 5.40. The average molecular weight is 289 g/mol. The molecule has 2 heterocycles. The van der Waals surface area contributed by atoms with Crippen LogP contribution in [0, 0.1) is 13.8 Å². The average Bonchev–Trinajstić information content (AvgIpc) is 2.82. The number of thioether (sulfide) groups is 1. The molecule has 0 fully saturated rings. The summed E-state index contributed by atoms with van der Waals surface area (Å²) in [6.45, 7) is 6.66. The van der Waals surface area contributed by atoms with E-state index in [1.807, 2.05) is 23.1 Å². The third-order valence-corrected chi connectivity index (χ3v) is 5.98. The summed E-state index contributed by atoms with van der Waals surface area (Å²) in [6.07, 6.45) is 1.20. The van der Waals surface area contributed by atoms with Crippen molar-refractivity contribution in [3.8, 4) is 0 Å². The zero-order valence-electron chi connectivity index (χ0n) is 11.6. The monoisotopic (exact) mass is 289 g/mol. The fourth-order valence-corrected chi connectivity index (χ4v) is 5.13. The van der Waals surface area contributed by atoms with Crippen LogP contribution in [0.25, 0.3) is 0 Å². The van der Waals surface area contributed by atoms with Crippen molar-refractivity contribution in [1.29, 1.82) is 0 Å². The number of hydrogen-bond donors (Lipinski definition) is 1. The van der Waals surface area contributed by atoms with Crippen molar-refractivity contribution in [1.82, 2.24) is 0 Å². The highest BCUT2D eigenvalue weighted by Crippen LogP contribution is 2.45. The number of hydrogen-bond acceptors (Lipinski definition) is 3. The first kappa shape index (κ1) is 13.1. The molecule has 19 heavy (non-hydrogen) atoms. The van der Waals surface area contributed by atoms with Crippen LogP contribution in [0.4, 0.5) is 5.69 Å². The van der Waals surface area contributed by atoms with E-state index in [9.17, 15) is 0 Å². The number of thiophene rings is 1. The summed E-state index contributed by atoms with van der Waals surface area (Å²) in [6, 6.07) is 9.37. The lowest BCUT2D eigenvalue weighted by Gasteiger charge is -2.29. The first-order chi connectivity index (χ1) is 9.13. The molecule has 3 heteroatoms. The molecule has 1 unspecified atom stereocenters. The molecule has 1 aromatic carbocycles. The van der Waals surface area contributed by atoms with Crippen LogP contribution in [0.1, 0.15) is 36.1 Å². The molecule has 0 bridgehead atoms. The summed E-state index contributed by atoms with van der Waals surface area (Å²) in [5.41, 5.74) is 5.40. The molecule has 0 saturated carbocycles. The van der Waals surface area contributed by atoms with Gasteiger partial charge < -0.3 is 5.32 Å². The van der Waals surface area contributed by atoms with Crippen molar-refractivity contribution in [3.05, 3.63) is 46.3 Å². The van der Waals surface area contributed by atoms with Crippen LogP contribution in [0.15, 0.2) is 33.9 Å². The van der Waals surface area contributed by atoms with Crippen LogP contribution in [-0.4, -0.2) is 5.25 Å². The van der Waals surface area contributed by atoms with E-state index in [0.717, 1.165) is 0 Å². The van der Waals surface area contributed by atoms with Crippen LogP contribution < -0.4 is 5.32 Å². The smallest absolute Gasteiger partial charge is 0.0653 e. The third-order valence-electron chi connectivity index (χ3n) is 3.63. The fraction of sp³-hybridized carbons (Fsp3) is 0.375. The molecule has 0 aliphatic carbocycles. The standard InChI is InChI=1S/C16H19NS2/c1-10-4-5-11(2)14(8-10)17-15-9-12(3)19-16-13(15)6-7-18-16/h4-8,12,15,17H,9H2,1-3H3/t12-,15?/m0/s1. The second-order valence-corrected chi connectivity index (χ2v) is 7.97. The molecule has 2 atom stereocenters. The van der Waals surface area contributed by atoms with E-state index in [2.05, 4.69) is 55.7 Å². The molecule has 1 aliphatic heterocycles. The van der Waals surface area contributed by atoms with Gasteiger partial charge in [-0.1, -0.05) is 19.1 Å². The Balaban J connectivity index is 1.90. The quantitative estimate of drug-likeness (QED) is 0.794. The van der Waals surface area contributed by atoms with E-state index in [1.165, 1.54) is 33.0 Å². The third kappa shape index (κ3) is 2.67. The van der Waals surface area contributed by atoms with Crippen LogP contribution in [0.2, 0.25) is 0 Å². The van der Waals surface area contributed by atoms with E-state index in [1.54, 1.807) is 0 Å². The zero-order chi connectivity index (χ0) is 13.4. The highest BCUT2D eigenvalue weighted by Gasteiger charge is 2.26. The zero-order valence-corrected chi connectivity index (χ0v) is 13.2. The van der Waals surface area contributed by atoms with Gasteiger partial charge in [0.25, 0.3) is 0 Å². The molecule has 0 saturated heterocycles. The summed E-state index contributed by atoms with van der Waals surface area (Å²) in [5.74, 6) is 0. The maximum atomic E-state index is 3.76. The minimum Gasteiger partial charge on any atom is -0.378 e. The van der Waals surface area contributed by atoms with Crippen molar-refractivity contribution in [2.75, 3.05) is 5.32 Å². The largest absolute Gasteiger partial charge is 0.378 e. The molecule has 1 aliphatic rings. The number of anilines is 1. The molecule has 1 nitrogen and oxygen atoms in total. The molecule has 0 spiro atoms. The maximum Gasteiger partial charge on any atom is 0.0653 e. The van der Waals surface area contributed by atoms with Gasteiger partial charge in [0.05, 0.1) is 10.3 Å². The lowest BCUT2D eigenvalue weighted by atomic mass is 10.0. The van der Waals surface area contributed by atoms with Gasteiger partial charge >= 0.3 is 0 Å². The molecular formula is C16H19NS2. The van der Waals surface area contributed by atoms with Gasteiger partial charge in [-0.15, -0.1) is 23.1 Å². The number of fused-ring (bicyclic) bond motifs is 1. The Morgan fingerprint density at radius 2 is 2.05 bits per heavy atom. The molecule has 0 radical (unpaired) electrons. The summed E-state index contributed by atoms with van der Waals surface area (Å²) < 4.78 is 1.49. The molecule has 100 valence electrons. The Bertz CT molecular complexity index is 588. The number of benzene rings is 1. The van der Waals surface area contributed by atoms with Crippen molar-refractivity contribution in [2.24, 2.45) is 0 Å². The molecule has 1 aromatic heterocycles. The minimum absolute atomic E-state index is 0.456. The van der Waals surface area contributed by atoms with Crippen molar-refractivity contribution >= 4 is 28.8 Å². The molecule has 1 N–H and O–H groups in total. The summed E-state index contributed by atoms with van der Waals surface area (Å²) in [4.78, 5) is 0. The molecular weight excluding hydrogens is 270 g/mol. The van der Waals surface area contributed by atoms with Crippen molar-refractivity contribution < 1.29 is 0 Å². The molecule has 2 aromatic rings. The Labute approximate surface area is 123 Å². The number of nitrogens with one attached hydrogen (secondary N) is 1. The lowest BCUT2D eigenvalue weighted by Crippen LogP contribution is -2.19. The first-order valence-corrected chi connectivity index (χ1v) is 8.47. The minimum atomic E-state index is 0.456. The van der Waals surface area contributed by atoms with Crippen LogP contribution in [0.5, 0.6) is 0 Å². The van der Waals surface area contributed by atoms with E-state index >= 15 is 0 Å².